The number of hydrogen-bond acceptors (Lipinski definition) is 7. The molecular formula is C32H41N3O7. The van der Waals surface area contributed by atoms with E-state index in [-0.39, 0.29) is 37.3 Å². The number of likely N-dealkylation sites (tertiary alicyclic amines) is 1. The number of allylic oxidation sites excluding steroid dienone is 1. The van der Waals surface area contributed by atoms with Crippen LogP contribution in [0.5, 0.6) is 0 Å². The van der Waals surface area contributed by atoms with Gasteiger partial charge in [0.25, 0.3) is 0 Å². The van der Waals surface area contributed by atoms with Crippen molar-refractivity contribution in [1.82, 2.24) is 15.1 Å². The summed E-state index contributed by atoms with van der Waals surface area (Å²) < 4.78 is 12.2. The summed E-state index contributed by atoms with van der Waals surface area (Å²) in [6.07, 6.45) is 9.84. The number of fused-ring (bicyclic) bond motifs is 2. The number of nitrogens with one attached hydrogen (secondary N) is 1. The van der Waals surface area contributed by atoms with Crippen LogP contribution >= 0.6 is 0 Å². The maximum Gasteiger partial charge on any atom is 0.313 e. The molecule has 42 heavy (non-hydrogen) atoms. The first kappa shape index (κ1) is 30.0. The fourth-order valence-electron chi connectivity index (χ4n) is 6.61. The zero-order valence-electron chi connectivity index (χ0n) is 24.2. The number of hydrogen-bond donors (Lipinski definition) is 2. The van der Waals surface area contributed by atoms with Crippen molar-refractivity contribution in [2.45, 2.75) is 75.8 Å². The summed E-state index contributed by atoms with van der Waals surface area (Å²) in [7, 11) is 0. The lowest BCUT2D eigenvalue weighted by atomic mass is 9.74. The van der Waals surface area contributed by atoms with Crippen LogP contribution in [0.3, 0.4) is 0 Å². The van der Waals surface area contributed by atoms with Crippen LogP contribution in [-0.2, 0) is 35.2 Å². The largest absolute Gasteiger partial charge is 0.460 e. The van der Waals surface area contributed by atoms with Gasteiger partial charge in [-0.15, -0.1) is 0 Å². The van der Waals surface area contributed by atoms with Crippen molar-refractivity contribution in [3.05, 3.63) is 60.2 Å². The second-order valence-electron chi connectivity index (χ2n) is 11.6. The van der Waals surface area contributed by atoms with Gasteiger partial charge in [0.2, 0.25) is 17.7 Å². The van der Waals surface area contributed by atoms with E-state index in [1.54, 1.807) is 22.8 Å². The Hall–Kier alpha value is -3.50. The van der Waals surface area contributed by atoms with E-state index in [9.17, 15) is 19.2 Å². The molecule has 6 atom stereocenters. The van der Waals surface area contributed by atoms with Crippen molar-refractivity contribution in [2.24, 2.45) is 11.8 Å². The van der Waals surface area contributed by atoms with Gasteiger partial charge in [-0.05, 0) is 31.7 Å². The number of ether oxygens (including phenoxy) is 2. The van der Waals surface area contributed by atoms with Crippen LogP contribution < -0.4 is 5.32 Å². The summed E-state index contributed by atoms with van der Waals surface area (Å²) in [5.41, 5.74) is -0.321. The zero-order chi connectivity index (χ0) is 29.7. The number of carbonyl (C=O) groups is 4. The number of aliphatic hydroxyl groups excluding tert-OH is 1. The Morgan fingerprint density at radius 2 is 1.81 bits per heavy atom. The second-order valence-corrected chi connectivity index (χ2v) is 11.6. The van der Waals surface area contributed by atoms with Crippen LogP contribution in [0.25, 0.3) is 0 Å². The van der Waals surface area contributed by atoms with Crippen LogP contribution in [0.15, 0.2) is 54.6 Å². The van der Waals surface area contributed by atoms with E-state index in [4.69, 9.17) is 14.6 Å². The van der Waals surface area contributed by atoms with E-state index >= 15 is 0 Å². The number of nitrogens with zero attached hydrogens (tertiary/aromatic N) is 2. The second kappa shape index (κ2) is 13.2. The molecular weight excluding hydrogens is 538 g/mol. The van der Waals surface area contributed by atoms with E-state index in [1.165, 1.54) is 0 Å². The quantitative estimate of drug-likeness (QED) is 0.275. The van der Waals surface area contributed by atoms with Gasteiger partial charge in [0.05, 0.1) is 18.6 Å². The van der Waals surface area contributed by atoms with Crippen molar-refractivity contribution in [3.63, 3.8) is 0 Å². The highest BCUT2D eigenvalue weighted by Gasteiger charge is 2.73. The lowest BCUT2D eigenvalue weighted by molar-refractivity contribution is -0.158. The minimum Gasteiger partial charge on any atom is -0.460 e. The number of unbranched alkanes of at least 4 members (excludes halogenated alkanes) is 3. The fraction of sp³-hybridized carbons (Fsp3) is 0.562. The molecule has 1 spiro atoms. The molecule has 0 unspecified atom stereocenters. The highest BCUT2D eigenvalue weighted by molar-refractivity contribution is 5.99. The van der Waals surface area contributed by atoms with E-state index in [1.807, 2.05) is 48.6 Å². The third kappa shape index (κ3) is 6.01. The van der Waals surface area contributed by atoms with Crippen molar-refractivity contribution >= 4 is 23.7 Å². The molecule has 0 aliphatic carbocycles. The third-order valence-corrected chi connectivity index (χ3v) is 8.65. The first-order valence-electron chi connectivity index (χ1n) is 15.1. The highest BCUT2D eigenvalue weighted by Crippen LogP contribution is 2.55. The average molecular weight is 580 g/mol. The number of benzene rings is 1. The normalized spacial score (nSPS) is 32.2. The van der Waals surface area contributed by atoms with Crippen LogP contribution in [0, 0.1) is 11.8 Å². The van der Waals surface area contributed by atoms with E-state index in [0.717, 1.165) is 18.4 Å². The van der Waals surface area contributed by atoms with Crippen LogP contribution in [-0.4, -0.2) is 88.7 Å². The Bertz CT molecular complexity index is 1220. The standard InChI is InChI=1S/C32H41N3O7/c1-22-20-33-25(37)14-8-5-9-17-34(21-23-12-6-4-7-13-23)30(39)28-32-16-15-24(42-32)26(31(40)41-22)27(32)29(38)35(28)18-10-2-3-11-19-36/h4-7,9,12-13,15-16,22,24,26-28,36H,2-3,8,10-11,14,17-21H2,1H3,(H,33,37)/b9-5-/t22-,24+,26-,27-,28+,32-/m1/s1. The first-order valence-corrected chi connectivity index (χ1v) is 15.1. The molecule has 5 bridgehead atoms. The van der Waals surface area contributed by atoms with Crippen molar-refractivity contribution < 1.29 is 33.8 Å². The molecule has 0 saturated carbocycles. The van der Waals surface area contributed by atoms with Gasteiger partial charge in [0, 0.05) is 32.7 Å². The van der Waals surface area contributed by atoms with Gasteiger partial charge in [0.15, 0.2) is 0 Å². The average Bonchev–Trinajstić information content (AvgIpc) is 3.62. The molecule has 1 aromatic carbocycles. The van der Waals surface area contributed by atoms with Crippen LogP contribution in [0.2, 0.25) is 0 Å². The Morgan fingerprint density at radius 3 is 2.60 bits per heavy atom. The minimum absolute atomic E-state index is 0.114. The zero-order valence-corrected chi connectivity index (χ0v) is 24.2. The predicted molar refractivity (Wildman–Crippen MR) is 154 cm³/mol. The molecule has 1 aromatic rings. The number of rotatable bonds is 8. The summed E-state index contributed by atoms with van der Waals surface area (Å²) in [5.74, 6) is -3.00. The highest BCUT2D eigenvalue weighted by atomic mass is 16.6. The topological polar surface area (TPSA) is 125 Å². The molecule has 4 aliphatic rings. The maximum atomic E-state index is 14.6. The van der Waals surface area contributed by atoms with Crippen molar-refractivity contribution in [3.8, 4) is 0 Å². The van der Waals surface area contributed by atoms with E-state index in [2.05, 4.69) is 5.32 Å². The SMILES string of the molecule is C[C@@H]1CNC(=O)CC/C=C\CN(Cc2ccccc2)C(=O)[C@@H]2N(CCCCCCO)C(=O)[C@H]3[C@H](C(=O)O1)[C@@H]1C=C[C@]23O1. The van der Waals surface area contributed by atoms with E-state index in [0.29, 0.717) is 38.9 Å². The molecule has 4 heterocycles. The third-order valence-electron chi connectivity index (χ3n) is 8.65. The lowest BCUT2D eigenvalue weighted by Gasteiger charge is -2.36. The molecule has 5 rings (SSSR count). The Balaban J connectivity index is 1.50. The first-order chi connectivity index (χ1) is 20.4. The van der Waals surface area contributed by atoms with Crippen LogP contribution in [0.4, 0.5) is 0 Å². The van der Waals surface area contributed by atoms with E-state index < -0.39 is 41.7 Å². The maximum absolute atomic E-state index is 14.6. The molecule has 10 nitrogen and oxygen atoms in total. The van der Waals surface area contributed by atoms with Gasteiger partial charge in [-0.25, -0.2) is 0 Å². The summed E-state index contributed by atoms with van der Waals surface area (Å²) >= 11 is 0. The van der Waals surface area contributed by atoms with Gasteiger partial charge in [0.1, 0.15) is 23.7 Å². The lowest BCUT2D eigenvalue weighted by Crippen LogP contribution is -2.55. The number of cyclic esters (lactones) is 1. The van der Waals surface area contributed by atoms with Crippen LogP contribution in [0.1, 0.15) is 51.0 Å². The van der Waals surface area contributed by atoms with Gasteiger partial charge in [-0.2, -0.15) is 0 Å². The molecule has 3 amide bonds. The van der Waals surface area contributed by atoms with Gasteiger partial charge in [-0.3, -0.25) is 19.2 Å². The number of carbonyl (C=O) groups excluding carboxylic acids is 4. The Morgan fingerprint density at radius 1 is 1.02 bits per heavy atom. The molecule has 10 heteroatoms. The van der Waals surface area contributed by atoms with Crippen molar-refractivity contribution in [2.75, 3.05) is 26.2 Å². The molecule has 2 saturated heterocycles. The molecule has 2 N–H and O–H groups in total. The summed E-state index contributed by atoms with van der Waals surface area (Å²) in [6.45, 7) is 2.95. The van der Waals surface area contributed by atoms with Gasteiger partial charge in [-0.1, -0.05) is 67.5 Å². The summed E-state index contributed by atoms with van der Waals surface area (Å²) in [5, 5.41) is 12.0. The summed E-state index contributed by atoms with van der Waals surface area (Å²) in [6, 6.07) is 8.73. The predicted octanol–water partition coefficient (Wildman–Crippen LogP) is 2.12. The number of amides is 3. The molecule has 0 radical (unpaired) electrons. The van der Waals surface area contributed by atoms with Gasteiger partial charge < -0.3 is 29.7 Å². The van der Waals surface area contributed by atoms with Gasteiger partial charge >= 0.3 is 5.97 Å². The fourth-order valence-corrected chi connectivity index (χ4v) is 6.61. The summed E-state index contributed by atoms with van der Waals surface area (Å²) in [4.78, 5) is 57.9. The molecule has 0 aromatic heterocycles. The minimum atomic E-state index is -1.27. The smallest absolute Gasteiger partial charge is 0.313 e. The van der Waals surface area contributed by atoms with Crippen molar-refractivity contribution in [1.29, 1.82) is 0 Å². The number of esters is 1. The number of aliphatic hydroxyl groups is 1. The monoisotopic (exact) mass is 579 g/mol. The molecule has 4 aliphatic heterocycles. The molecule has 226 valence electrons. The molecule has 2 fully saturated rings. The Kier molecular flexibility index (Phi) is 9.43. The Labute approximate surface area is 246 Å².